The van der Waals surface area contributed by atoms with E-state index in [2.05, 4.69) is 0 Å². The molecule has 0 N–H and O–H groups in total. The van der Waals surface area contributed by atoms with Crippen molar-refractivity contribution in [3.05, 3.63) is 35.9 Å². The molecule has 0 bridgehead atoms. The number of benzene rings is 1. The molecule has 1 aromatic rings. The van der Waals surface area contributed by atoms with Crippen molar-refractivity contribution < 1.29 is 17.9 Å². The van der Waals surface area contributed by atoms with E-state index in [1.54, 1.807) is 4.90 Å². The van der Waals surface area contributed by atoms with Crippen LogP contribution in [0.25, 0.3) is 0 Å². The van der Waals surface area contributed by atoms with Crippen molar-refractivity contribution in [3.63, 3.8) is 0 Å². The van der Waals surface area contributed by atoms with E-state index in [9.17, 15) is 13.2 Å². The molecule has 1 aliphatic heterocycles. The first kappa shape index (κ1) is 17.7. The highest BCUT2D eigenvalue weighted by molar-refractivity contribution is 7.89. The number of carbonyl (C=O) groups excluding carboxylic acids is 1. The number of unbranched alkanes of at least 4 members (excludes halogenated alkanes) is 1. The number of hydrogen-bond acceptors (Lipinski definition) is 4. The lowest BCUT2D eigenvalue weighted by Crippen LogP contribution is -2.51. The molecule has 128 valence electrons. The molecule has 0 aromatic heterocycles. The van der Waals surface area contributed by atoms with Crippen molar-refractivity contribution in [1.82, 2.24) is 9.21 Å². The highest BCUT2D eigenvalue weighted by Crippen LogP contribution is 2.11. The highest BCUT2D eigenvalue weighted by atomic mass is 32.2. The van der Waals surface area contributed by atoms with Crippen molar-refractivity contribution in [1.29, 1.82) is 0 Å². The van der Waals surface area contributed by atoms with E-state index in [1.165, 1.54) is 4.31 Å². The van der Waals surface area contributed by atoms with Gasteiger partial charge in [0.15, 0.2) is 0 Å². The van der Waals surface area contributed by atoms with Crippen molar-refractivity contribution in [2.24, 2.45) is 0 Å². The first-order valence-corrected chi connectivity index (χ1v) is 9.57. The average Bonchev–Trinajstić information content (AvgIpc) is 2.59. The lowest BCUT2D eigenvalue weighted by molar-refractivity contribution is 0.0838. The Labute approximate surface area is 138 Å². The van der Waals surface area contributed by atoms with Crippen molar-refractivity contribution in [2.75, 3.05) is 31.9 Å². The van der Waals surface area contributed by atoms with Gasteiger partial charge in [0.1, 0.15) is 6.61 Å². The predicted molar refractivity (Wildman–Crippen MR) is 88.5 cm³/mol. The Balaban J connectivity index is 1.78. The molecule has 1 fully saturated rings. The second-order valence-corrected chi connectivity index (χ2v) is 7.68. The molecule has 1 amide bonds. The van der Waals surface area contributed by atoms with Crippen molar-refractivity contribution >= 4 is 16.1 Å². The van der Waals surface area contributed by atoms with Gasteiger partial charge in [0, 0.05) is 26.2 Å². The summed E-state index contributed by atoms with van der Waals surface area (Å²) in [6, 6.07) is 9.48. The zero-order chi connectivity index (χ0) is 16.7. The number of sulfonamides is 1. The van der Waals surface area contributed by atoms with E-state index >= 15 is 0 Å². The molecule has 0 atom stereocenters. The zero-order valence-corrected chi connectivity index (χ0v) is 14.3. The molecule has 0 saturated carbocycles. The number of carbonyl (C=O) groups is 1. The van der Waals surface area contributed by atoms with E-state index in [1.807, 2.05) is 37.3 Å². The fourth-order valence-corrected chi connectivity index (χ4v) is 4.05. The molecule has 6 nitrogen and oxygen atoms in total. The largest absolute Gasteiger partial charge is 0.445 e. The van der Waals surface area contributed by atoms with Crippen LogP contribution in [0, 0.1) is 0 Å². The maximum atomic E-state index is 12.1. The van der Waals surface area contributed by atoms with Crippen LogP contribution in [0.4, 0.5) is 4.79 Å². The summed E-state index contributed by atoms with van der Waals surface area (Å²) in [7, 11) is -3.20. The highest BCUT2D eigenvalue weighted by Gasteiger charge is 2.28. The minimum atomic E-state index is -3.20. The Bertz CT molecular complexity index is 596. The van der Waals surface area contributed by atoms with Gasteiger partial charge in [0.2, 0.25) is 10.0 Å². The summed E-state index contributed by atoms with van der Waals surface area (Å²) in [6.07, 6.45) is 1.13. The van der Waals surface area contributed by atoms with Gasteiger partial charge < -0.3 is 9.64 Å². The van der Waals surface area contributed by atoms with Gasteiger partial charge in [0.25, 0.3) is 0 Å². The standard InChI is InChI=1S/C16H24N2O4S/c1-2-3-13-23(20,21)18-11-9-17(10-12-18)16(19)22-14-15-7-5-4-6-8-15/h4-8H,2-3,9-14H2,1H3. The number of piperazine rings is 1. The van der Waals surface area contributed by atoms with Crippen LogP contribution in [-0.4, -0.2) is 55.6 Å². The van der Waals surface area contributed by atoms with E-state index in [0.717, 1.165) is 12.0 Å². The van der Waals surface area contributed by atoms with Crippen molar-refractivity contribution in [3.8, 4) is 0 Å². The minimum absolute atomic E-state index is 0.182. The predicted octanol–water partition coefficient (Wildman–Crippen LogP) is 2.07. The number of nitrogens with zero attached hydrogens (tertiary/aromatic N) is 2. The Morgan fingerprint density at radius 3 is 2.39 bits per heavy atom. The zero-order valence-electron chi connectivity index (χ0n) is 13.5. The van der Waals surface area contributed by atoms with Crippen LogP contribution in [0.1, 0.15) is 25.3 Å². The third-order valence-electron chi connectivity index (χ3n) is 3.85. The van der Waals surface area contributed by atoms with Gasteiger partial charge in [-0.05, 0) is 12.0 Å². The molecule has 0 aliphatic carbocycles. The molecular weight excluding hydrogens is 316 g/mol. The minimum Gasteiger partial charge on any atom is -0.445 e. The fraction of sp³-hybridized carbons (Fsp3) is 0.562. The Hall–Kier alpha value is -1.60. The van der Waals surface area contributed by atoms with Crippen molar-refractivity contribution in [2.45, 2.75) is 26.4 Å². The van der Waals surface area contributed by atoms with Gasteiger partial charge >= 0.3 is 6.09 Å². The second kappa shape index (κ2) is 8.31. The first-order valence-electron chi connectivity index (χ1n) is 7.96. The van der Waals surface area contributed by atoms with Crippen LogP contribution in [0.2, 0.25) is 0 Å². The van der Waals surface area contributed by atoms with Crippen LogP contribution in [-0.2, 0) is 21.4 Å². The molecule has 7 heteroatoms. The number of hydrogen-bond donors (Lipinski definition) is 0. The monoisotopic (exact) mass is 340 g/mol. The summed E-state index contributed by atoms with van der Waals surface area (Å²) in [6.45, 7) is 3.63. The molecule has 2 rings (SSSR count). The maximum Gasteiger partial charge on any atom is 0.410 e. The lowest BCUT2D eigenvalue weighted by Gasteiger charge is -2.33. The lowest BCUT2D eigenvalue weighted by atomic mass is 10.2. The maximum absolute atomic E-state index is 12.1. The van der Waals surface area contributed by atoms with Gasteiger partial charge in [-0.25, -0.2) is 13.2 Å². The summed E-state index contributed by atoms with van der Waals surface area (Å²) < 4.78 is 31.0. The third-order valence-corrected chi connectivity index (χ3v) is 5.81. The normalized spacial score (nSPS) is 16.3. The molecule has 0 radical (unpaired) electrons. The summed E-state index contributed by atoms with van der Waals surface area (Å²) in [4.78, 5) is 13.6. The van der Waals surface area contributed by atoms with Crippen LogP contribution >= 0.6 is 0 Å². The Morgan fingerprint density at radius 2 is 1.78 bits per heavy atom. The molecular formula is C16H24N2O4S. The molecule has 1 aliphatic rings. The van der Waals surface area contributed by atoms with Crippen LogP contribution in [0.15, 0.2) is 30.3 Å². The van der Waals surface area contributed by atoms with Gasteiger partial charge in [-0.3, -0.25) is 0 Å². The third kappa shape index (κ3) is 5.21. The van der Waals surface area contributed by atoms with Crippen LogP contribution < -0.4 is 0 Å². The quantitative estimate of drug-likeness (QED) is 0.795. The molecule has 0 spiro atoms. The van der Waals surface area contributed by atoms with Gasteiger partial charge in [-0.1, -0.05) is 43.7 Å². The number of amides is 1. The first-order chi connectivity index (χ1) is 11.0. The van der Waals surface area contributed by atoms with Gasteiger partial charge in [0.05, 0.1) is 5.75 Å². The molecule has 0 unspecified atom stereocenters. The van der Waals surface area contributed by atoms with Crippen LogP contribution in [0.3, 0.4) is 0 Å². The molecule has 1 heterocycles. The fourth-order valence-electron chi connectivity index (χ4n) is 2.42. The van der Waals surface area contributed by atoms with Gasteiger partial charge in [-0.15, -0.1) is 0 Å². The van der Waals surface area contributed by atoms with E-state index in [4.69, 9.17) is 4.74 Å². The summed E-state index contributed by atoms with van der Waals surface area (Å²) in [5, 5.41) is 0. The van der Waals surface area contributed by atoms with E-state index in [-0.39, 0.29) is 18.5 Å². The molecule has 1 saturated heterocycles. The second-order valence-electron chi connectivity index (χ2n) is 5.60. The Morgan fingerprint density at radius 1 is 1.13 bits per heavy atom. The summed E-state index contributed by atoms with van der Waals surface area (Å²) in [5.74, 6) is 0.182. The van der Waals surface area contributed by atoms with E-state index < -0.39 is 10.0 Å². The number of rotatable bonds is 6. The van der Waals surface area contributed by atoms with E-state index in [0.29, 0.717) is 32.6 Å². The van der Waals surface area contributed by atoms with Gasteiger partial charge in [-0.2, -0.15) is 4.31 Å². The molecule has 1 aromatic carbocycles. The summed E-state index contributed by atoms with van der Waals surface area (Å²) >= 11 is 0. The Kier molecular flexibility index (Phi) is 6.41. The average molecular weight is 340 g/mol. The smallest absolute Gasteiger partial charge is 0.410 e. The SMILES string of the molecule is CCCCS(=O)(=O)N1CCN(C(=O)OCc2ccccc2)CC1. The van der Waals surface area contributed by atoms with Crippen LogP contribution in [0.5, 0.6) is 0 Å². The molecule has 23 heavy (non-hydrogen) atoms. The topological polar surface area (TPSA) is 66.9 Å². The number of ether oxygens (including phenoxy) is 1. The summed E-state index contributed by atoms with van der Waals surface area (Å²) in [5.41, 5.74) is 0.932.